The van der Waals surface area contributed by atoms with Crippen LogP contribution in [0.5, 0.6) is 0 Å². The van der Waals surface area contributed by atoms with Gasteiger partial charge in [0.15, 0.2) is 5.69 Å². The van der Waals surface area contributed by atoms with E-state index in [2.05, 4.69) is 15.1 Å². The van der Waals surface area contributed by atoms with E-state index in [0.717, 1.165) is 0 Å². The standard InChI is InChI=1S/C6H3ClN4O2/c7-4-1-3(5(12)13)10-6-8-2-9-11(4)6/h1-2H,(H,12,13). The molecule has 0 aliphatic rings. The van der Waals surface area contributed by atoms with Gasteiger partial charge >= 0.3 is 5.97 Å². The first-order valence-corrected chi connectivity index (χ1v) is 3.66. The van der Waals surface area contributed by atoms with Gasteiger partial charge in [0, 0.05) is 6.07 Å². The molecule has 0 saturated heterocycles. The molecular formula is C6H3ClN4O2. The fraction of sp³-hybridized carbons (Fsp3) is 0. The van der Waals surface area contributed by atoms with Crippen LogP contribution in [0.15, 0.2) is 12.4 Å². The molecule has 2 aromatic rings. The van der Waals surface area contributed by atoms with Crippen LogP contribution in [0, 0.1) is 0 Å². The molecule has 0 saturated carbocycles. The predicted molar refractivity (Wildman–Crippen MR) is 42.8 cm³/mol. The first kappa shape index (κ1) is 7.93. The first-order chi connectivity index (χ1) is 6.18. The van der Waals surface area contributed by atoms with E-state index in [4.69, 9.17) is 16.7 Å². The lowest BCUT2D eigenvalue weighted by Crippen LogP contribution is -2.03. The fourth-order valence-corrected chi connectivity index (χ4v) is 1.11. The number of aromatic nitrogens is 4. The molecular weight excluding hydrogens is 196 g/mol. The minimum atomic E-state index is -1.15. The second kappa shape index (κ2) is 2.67. The van der Waals surface area contributed by atoms with Crippen LogP contribution in [0.1, 0.15) is 10.5 Å². The van der Waals surface area contributed by atoms with Gasteiger partial charge in [0.2, 0.25) is 0 Å². The Labute approximate surface area is 76.8 Å². The summed E-state index contributed by atoms with van der Waals surface area (Å²) in [6.45, 7) is 0. The van der Waals surface area contributed by atoms with Gasteiger partial charge in [0.1, 0.15) is 11.5 Å². The number of nitrogens with zero attached hydrogens (tertiary/aromatic N) is 4. The summed E-state index contributed by atoms with van der Waals surface area (Å²) in [6, 6.07) is 1.21. The Balaban J connectivity index is 2.77. The zero-order chi connectivity index (χ0) is 9.42. The van der Waals surface area contributed by atoms with E-state index in [9.17, 15) is 4.79 Å². The monoisotopic (exact) mass is 198 g/mol. The molecule has 2 rings (SSSR count). The van der Waals surface area contributed by atoms with Crippen molar-refractivity contribution in [3.63, 3.8) is 0 Å². The number of rotatable bonds is 1. The molecule has 0 spiro atoms. The van der Waals surface area contributed by atoms with E-state index in [1.807, 2.05) is 0 Å². The van der Waals surface area contributed by atoms with E-state index in [1.165, 1.54) is 16.9 Å². The van der Waals surface area contributed by atoms with Crippen molar-refractivity contribution in [2.24, 2.45) is 0 Å². The third kappa shape index (κ3) is 1.20. The third-order valence-electron chi connectivity index (χ3n) is 1.43. The summed E-state index contributed by atoms with van der Waals surface area (Å²) in [7, 11) is 0. The SMILES string of the molecule is O=C(O)c1cc(Cl)n2ncnc2n1. The van der Waals surface area contributed by atoms with Crippen molar-refractivity contribution < 1.29 is 9.90 Å². The normalized spacial score (nSPS) is 10.5. The molecule has 0 aliphatic carbocycles. The summed E-state index contributed by atoms with van der Waals surface area (Å²) >= 11 is 5.70. The van der Waals surface area contributed by atoms with Gasteiger partial charge in [-0.05, 0) is 0 Å². The maximum atomic E-state index is 10.5. The van der Waals surface area contributed by atoms with E-state index >= 15 is 0 Å². The highest BCUT2D eigenvalue weighted by Crippen LogP contribution is 2.10. The topological polar surface area (TPSA) is 80.4 Å². The van der Waals surface area contributed by atoms with Gasteiger partial charge in [-0.25, -0.2) is 9.78 Å². The predicted octanol–water partition coefficient (Wildman–Crippen LogP) is 0.476. The summed E-state index contributed by atoms with van der Waals surface area (Å²) in [5.74, 6) is -0.975. The number of carbonyl (C=O) groups is 1. The molecule has 0 aliphatic heterocycles. The highest BCUT2D eigenvalue weighted by Gasteiger charge is 2.10. The molecule has 13 heavy (non-hydrogen) atoms. The van der Waals surface area contributed by atoms with Gasteiger partial charge < -0.3 is 5.11 Å². The molecule has 7 heteroatoms. The number of carboxylic acid groups (broad SMARTS) is 1. The molecule has 2 heterocycles. The third-order valence-corrected chi connectivity index (χ3v) is 1.70. The maximum Gasteiger partial charge on any atom is 0.354 e. The van der Waals surface area contributed by atoms with Crippen LogP contribution in [-0.4, -0.2) is 30.7 Å². The average molecular weight is 199 g/mol. The minimum Gasteiger partial charge on any atom is -0.477 e. The highest BCUT2D eigenvalue weighted by atomic mass is 35.5. The van der Waals surface area contributed by atoms with Gasteiger partial charge in [-0.2, -0.15) is 14.6 Å². The smallest absolute Gasteiger partial charge is 0.354 e. The molecule has 0 unspecified atom stereocenters. The van der Waals surface area contributed by atoms with Crippen LogP contribution in [0.2, 0.25) is 5.15 Å². The second-order valence-electron chi connectivity index (χ2n) is 2.24. The fourth-order valence-electron chi connectivity index (χ4n) is 0.886. The van der Waals surface area contributed by atoms with Crippen molar-refractivity contribution >= 4 is 23.3 Å². The summed E-state index contributed by atoms with van der Waals surface area (Å²) in [5, 5.41) is 12.5. The Kier molecular flexibility index (Phi) is 1.63. The molecule has 0 aromatic carbocycles. The Hall–Kier alpha value is -1.69. The molecule has 0 amide bonds. The zero-order valence-electron chi connectivity index (χ0n) is 6.18. The summed E-state index contributed by atoms with van der Waals surface area (Å²) in [6.07, 6.45) is 1.25. The van der Waals surface area contributed by atoms with Gasteiger partial charge in [0.25, 0.3) is 5.78 Å². The van der Waals surface area contributed by atoms with Crippen LogP contribution >= 0.6 is 11.6 Å². The Morgan fingerprint density at radius 1 is 1.62 bits per heavy atom. The van der Waals surface area contributed by atoms with Crippen molar-refractivity contribution in [2.75, 3.05) is 0 Å². The van der Waals surface area contributed by atoms with E-state index in [1.54, 1.807) is 0 Å². The van der Waals surface area contributed by atoms with Crippen LogP contribution < -0.4 is 0 Å². The van der Waals surface area contributed by atoms with E-state index in [0.29, 0.717) is 0 Å². The van der Waals surface area contributed by atoms with Crippen molar-refractivity contribution in [1.29, 1.82) is 0 Å². The molecule has 6 nitrogen and oxygen atoms in total. The van der Waals surface area contributed by atoms with Crippen LogP contribution in [0.25, 0.3) is 5.78 Å². The number of fused-ring (bicyclic) bond motifs is 1. The van der Waals surface area contributed by atoms with Crippen LogP contribution in [0.4, 0.5) is 0 Å². The molecule has 0 radical (unpaired) electrons. The summed E-state index contributed by atoms with van der Waals surface area (Å²) in [5.41, 5.74) is -0.148. The molecule has 66 valence electrons. The highest BCUT2D eigenvalue weighted by molar-refractivity contribution is 6.30. The van der Waals surface area contributed by atoms with Crippen molar-refractivity contribution in [3.8, 4) is 0 Å². The Morgan fingerprint density at radius 3 is 3.08 bits per heavy atom. The number of hydrogen-bond donors (Lipinski definition) is 1. The summed E-state index contributed by atoms with van der Waals surface area (Å²) in [4.78, 5) is 18.0. The largest absolute Gasteiger partial charge is 0.477 e. The van der Waals surface area contributed by atoms with Crippen LogP contribution in [0.3, 0.4) is 0 Å². The summed E-state index contributed by atoms with van der Waals surface area (Å²) < 4.78 is 1.24. The number of halogens is 1. The lowest BCUT2D eigenvalue weighted by Gasteiger charge is -1.96. The van der Waals surface area contributed by atoms with Gasteiger partial charge in [-0.3, -0.25) is 0 Å². The van der Waals surface area contributed by atoms with Gasteiger partial charge in [0.05, 0.1) is 0 Å². The number of aromatic carboxylic acids is 1. The Bertz CT molecular complexity index is 480. The molecule has 1 N–H and O–H groups in total. The number of hydrogen-bond acceptors (Lipinski definition) is 4. The molecule has 0 atom stereocenters. The number of carboxylic acids is 1. The Morgan fingerprint density at radius 2 is 2.38 bits per heavy atom. The maximum absolute atomic E-state index is 10.5. The minimum absolute atomic E-state index is 0.148. The van der Waals surface area contributed by atoms with Crippen molar-refractivity contribution in [3.05, 3.63) is 23.2 Å². The molecule has 0 bridgehead atoms. The van der Waals surface area contributed by atoms with E-state index < -0.39 is 5.97 Å². The lowest BCUT2D eigenvalue weighted by atomic mass is 10.4. The molecule has 2 aromatic heterocycles. The van der Waals surface area contributed by atoms with Gasteiger partial charge in [-0.15, -0.1) is 0 Å². The second-order valence-corrected chi connectivity index (χ2v) is 2.63. The average Bonchev–Trinajstić information content (AvgIpc) is 2.51. The van der Waals surface area contributed by atoms with Crippen molar-refractivity contribution in [1.82, 2.24) is 19.6 Å². The van der Waals surface area contributed by atoms with E-state index in [-0.39, 0.29) is 16.6 Å². The zero-order valence-corrected chi connectivity index (χ0v) is 6.93. The van der Waals surface area contributed by atoms with Crippen molar-refractivity contribution in [2.45, 2.75) is 0 Å². The quantitative estimate of drug-likeness (QED) is 0.674. The molecule has 0 fully saturated rings. The van der Waals surface area contributed by atoms with Crippen LogP contribution in [-0.2, 0) is 0 Å². The first-order valence-electron chi connectivity index (χ1n) is 3.28. The van der Waals surface area contributed by atoms with Gasteiger partial charge in [-0.1, -0.05) is 11.6 Å². The lowest BCUT2D eigenvalue weighted by molar-refractivity contribution is 0.0690.